The summed E-state index contributed by atoms with van der Waals surface area (Å²) in [6, 6.07) is 0. The smallest absolute Gasteiger partial charge is 0.256 e. The van der Waals surface area contributed by atoms with E-state index in [1.165, 1.54) is 11.8 Å². The van der Waals surface area contributed by atoms with Crippen LogP contribution in [0.25, 0.3) is 0 Å². The lowest BCUT2D eigenvalue weighted by Gasteiger charge is -1.90. The number of thiocarbonyl (C=S) groups is 1. The lowest BCUT2D eigenvalue weighted by atomic mass is 10.6. The van der Waals surface area contributed by atoms with Crippen LogP contribution in [0.1, 0.15) is 13.8 Å². The van der Waals surface area contributed by atoms with Crippen molar-refractivity contribution in [2.75, 3.05) is 0 Å². The average molecular weight is 185 g/mol. The van der Waals surface area contributed by atoms with Crippen molar-refractivity contribution in [3.05, 3.63) is 0 Å². The van der Waals surface area contributed by atoms with Crippen molar-refractivity contribution in [3.8, 4) is 11.2 Å². The van der Waals surface area contributed by atoms with Gasteiger partial charge in [0.15, 0.2) is 0 Å². The zero-order valence-corrected chi connectivity index (χ0v) is 7.88. The van der Waals surface area contributed by atoms with Crippen molar-refractivity contribution in [2.24, 2.45) is 4.99 Å². The Kier molecular flexibility index (Phi) is 5.77. The number of nitrogens with zero attached hydrogens (tertiary/aromatic N) is 1. The minimum Gasteiger partial charge on any atom is -0.256 e. The number of hydrogen-bond donors (Lipinski definition) is 0. The molecule has 11 heavy (non-hydrogen) atoms. The highest BCUT2D eigenvalue weighted by Crippen LogP contribution is 2.05. The number of rotatable bonds is 1. The van der Waals surface area contributed by atoms with Crippen LogP contribution >= 0.6 is 24.0 Å². The van der Waals surface area contributed by atoms with Gasteiger partial charge in [-0.2, -0.15) is 0 Å². The zero-order valence-electron chi connectivity index (χ0n) is 6.25. The van der Waals surface area contributed by atoms with Crippen LogP contribution in [0.5, 0.6) is 0 Å². The van der Waals surface area contributed by atoms with Gasteiger partial charge in [0, 0.05) is 11.2 Å². The molecule has 0 N–H and O–H groups in total. The van der Waals surface area contributed by atoms with Gasteiger partial charge in [-0.25, -0.2) is 0 Å². The third-order valence-electron chi connectivity index (χ3n) is 0.600. The lowest BCUT2D eigenvalue weighted by Crippen LogP contribution is -1.86. The molecule has 0 fully saturated rings. The van der Waals surface area contributed by atoms with Crippen molar-refractivity contribution in [3.63, 3.8) is 0 Å². The summed E-state index contributed by atoms with van der Waals surface area (Å²) in [6.07, 6.45) is 0. The first kappa shape index (κ1) is 10.4. The number of thioether (sulfide) groups is 1. The Morgan fingerprint density at radius 2 is 2.27 bits per heavy atom. The van der Waals surface area contributed by atoms with Crippen molar-refractivity contribution in [2.45, 2.75) is 19.1 Å². The first-order valence-corrected chi connectivity index (χ1v) is 4.24. The summed E-state index contributed by atoms with van der Waals surface area (Å²) in [5, 5.41) is 4.95. The van der Waals surface area contributed by atoms with Gasteiger partial charge < -0.3 is 0 Å². The summed E-state index contributed by atoms with van der Waals surface area (Å²) in [4.78, 5) is 13.7. The molecule has 0 saturated heterocycles. The van der Waals surface area contributed by atoms with Gasteiger partial charge in [0.25, 0.3) is 0 Å². The van der Waals surface area contributed by atoms with E-state index in [2.05, 4.69) is 28.4 Å². The number of hydrogen-bond acceptors (Lipinski definition) is 3. The molecular formula is C7H7NOS2. The minimum atomic E-state index is -0.534. The topological polar surface area (TPSA) is 29.4 Å². The maximum Gasteiger partial charge on any atom is 0.331 e. The molecule has 0 aromatic carbocycles. The van der Waals surface area contributed by atoms with E-state index >= 15 is 0 Å². The predicted molar refractivity (Wildman–Crippen MR) is 50.5 cm³/mol. The Balaban J connectivity index is 3.88. The van der Waals surface area contributed by atoms with Gasteiger partial charge in [0.2, 0.25) is 0 Å². The standard InChI is InChI=1S/C7H7NOS2/c1-6(2)11-4-3-7(9)8-5-10/h6H,1-2H3. The number of carbonyl (C=O) groups excluding carboxylic acids is 1. The van der Waals surface area contributed by atoms with E-state index in [1.54, 1.807) is 0 Å². The Hall–Kier alpha value is -0.620. The molecule has 58 valence electrons. The Morgan fingerprint density at radius 3 is 2.73 bits per heavy atom. The quantitative estimate of drug-likeness (QED) is 0.354. The van der Waals surface area contributed by atoms with Gasteiger partial charge in [0.05, 0.1) is 5.16 Å². The highest BCUT2D eigenvalue weighted by atomic mass is 32.2. The second-order valence-electron chi connectivity index (χ2n) is 1.90. The molecule has 0 aliphatic heterocycles. The Labute approximate surface area is 75.5 Å². The van der Waals surface area contributed by atoms with Crippen molar-refractivity contribution < 1.29 is 4.79 Å². The molecule has 1 amide bonds. The van der Waals surface area contributed by atoms with E-state index in [0.29, 0.717) is 5.25 Å². The summed E-state index contributed by atoms with van der Waals surface area (Å²) in [5.41, 5.74) is 0. The van der Waals surface area contributed by atoms with Crippen molar-refractivity contribution in [1.82, 2.24) is 0 Å². The van der Waals surface area contributed by atoms with Crippen molar-refractivity contribution in [1.29, 1.82) is 0 Å². The van der Waals surface area contributed by atoms with Crippen LogP contribution in [0, 0.1) is 11.2 Å². The number of carbonyl (C=O) groups is 1. The highest BCUT2D eigenvalue weighted by Gasteiger charge is 1.89. The van der Waals surface area contributed by atoms with Crippen molar-refractivity contribution >= 4 is 35.0 Å². The fraction of sp³-hybridized carbons (Fsp3) is 0.429. The molecular weight excluding hydrogens is 178 g/mol. The summed E-state index contributed by atoms with van der Waals surface area (Å²) in [6.45, 7) is 3.98. The summed E-state index contributed by atoms with van der Waals surface area (Å²) >= 11 is 5.60. The van der Waals surface area contributed by atoms with E-state index in [9.17, 15) is 4.79 Å². The third-order valence-corrected chi connectivity index (χ3v) is 1.38. The second kappa shape index (κ2) is 6.11. The largest absolute Gasteiger partial charge is 0.331 e. The number of aliphatic imine (C=N–C) groups is 1. The Morgan fingerprint density at radius 1 is 1.64 bits per heavy atom. The average Bonchev–Trinajstić information content (AvgIpc) is 1.87. The first-order chi connectivity index (χ1) is 5.16. The Bertz CT molecular complexity index is 243. The molecule has 0 atom stereocenters. The molecule has 0 radical (unpaired) electrons. The van der Waals surface area contributed by atoms with Crippen LogP contribution in [0.3, 0.4) is 0 Å². The molecule has 0 aliphatic rings. The molecule has 0 rings (SSSR count). The normalized spacial score (nSPS) is 7.91. The molecule has 0 unspecified atom stereocenters. The van der Waals surface area contributed by atoms with E-state index in [1.807, 2.05) is 19.0 Å². The monoisotopic (exact) mass is 185 g/mol. The molecule has 4 heteroatoms. The van der Waals surface area contributed by atoms with Gasteiger partial charge in [0.1, 0.15) is 0 Å². The maximum absolute atomic E-state index is 10.5. The molecule has 0 aromatic heterocycles. The molecule has 2 nitrogen and oxygen atoms in total. The first-order valence-electron chi connectivity index (χ1n) is 2.95. The van der Waals surface area contributed by atoms with E-state index in [-0.39, 0.29) is 0 Å². The van der Waals surface area contributed by atoms with Gasteiger partial charge in [-0.1, -0.05) is 25.6 Å². The second-order valence-corrected chi connectivity index (χ2v) is 3.47. The maximum atomic E-state index is 10.5. The number of amides is 1. The van der Waals surface area contributed by atoms with E-state index in [0.717, 1.165) is 0 Å². The molecule has 0 spiro atoms. The highest BCUT2D eigenvalue weighted by molar-refractivity contribution is 8.04. The van der Waals surface area contributed by atoms with E-state index < -0.39 is 5.91 Å². The van der Waals surface area contributed by atoms with Gasteiger partial charge >= 0.3 is 5.91 Å². The molecule has 0 aliphatic carbocycles. The van der Waals surface area contributed by atoms with Crippen LogP contribution < -0.4 is 0 Å². The van der Waals surface area contributed by atoms with Gasteiger partial charge in [-0.3, -0.25) is 4.79 Å². The minimum absolute atomic E-state index is 0.395. The fourth-order valence-electron chi connectivity index (χ4n) is 0.260. The van der Waals surface area contributed by atoms with Gasteiger partial charge in [-0.05, 0) is 17.5 Å². The van der Waals surface area contributed by atoms with Crippen LogP contribution in [0.15, 0.2) is 4.99 Å². The lowest BCUT2D eigenvalue weighted by molar-refractivity contribution is -0.112. The zero-order chi connectivity index (χ0) is 8.69. The fourth-order valence-corrected chi connectivity index (χ4v) is 0.725. The molecule has 0 aromatic rings. The van der Waals surface area contributed by atoms with Crippen LogP contribution in [-0.2, 0) is 4.79 Å². The van der Waals surface area contributed by atoms with E-state index in [4.69, 9.17) is 0 Å². The van der Waals surface area contributed by atoms with Crippen LogP contribution in [0.4, 0.5) is 0 Å². The molecule has 0 saturated carbocycles. The summed E-state index contributed by atoms with van der Waals surface area (Å²) in [7, 11) is 0. The van der Waals surface area contributed by atoms with Gasteiger partial charge in [-0.15, -0.1) is 4.99 Å². The molecule has 0 bridgehead atoms. The number of isothiocyanates is 1. The van der Waals surface area contributed by atoms with Crippen LogP contribution in [0.2, 0.25) is 0 Å². The molecule has 0 heterocycles. The predicted octanol–water partition coefficient (Wildman–Crippen LogP) is 1.72. The summed E-state index contributed by atoms with van der Waals surface area (Å²) in [5.74, 6) is 1.76. The SMILES string of the molecule is CC(C)SC#CC(=O)N=C=S. The summed E-state index contributed by atoms with van der Waals surface area (Å²) < 4.78 is 0. The third kappa shape index (κ3) is 7.27. The van der Waals surface area contributed by atoms with Crippen LogP contribution in [-0.4, -0.2) is 16.3 Å².